The van der Waals surface area contributed by atoms with Gasteiger partial charge < -0.3 is 65.1 Å². The van der Waals surface area contributed by atoms with Gasteiger partial charge in [-0.3, -0.25) is 4.79 Å². The van der Waals surface area contributed by atoms with Crippen LogP contribution in [0.2, 0.25) is 0 Å². The van der Waals surface area contributed by atoms with Crippen molar-refractivity contribution in [3.05, 3.63) is 0 Å². The zero-order valence-corrected chi connectivity index (χ0v) is 48.8. The molecule has 0 spiro atoms. The lowest BCUT2D eigenvalue weighted by molar-refractivity contribution is -0.359. The molecule has 14 heteroatoms. The van der Waals surface area contributed by atoms with Gasteiger partial charge in [-0.1, -0.05) is 277 Å². The Hall–Kier alpha value is -1.01. The van der Waals surface area contributed by atoms with Gasteiger partial charge in [0.2, 0.25) is 5.91 Å². The Kier molecular flexibility index (Phi) is 45.5. The molecule has 9 N–H and O–H groups in total. The van der Waals surface area contributed by atoms with Crippen LogP contribution in [0.1, 0.15) is 296 Å². The third-order valence-corrected chi connectivity index (χ3v) is 16.3. The van der Waals surface area contributed by atoms with E-state index in [0.717, 1.165) is 57.8 Å². The molecule has 0 radical (unpaired) electrons. The maximum Gasteiger partial charge on any atom is 0.220 e. The second kappa shape index (κ2) is 48.7. The first-order chi connectivity index (χ1) is 37.1. The Morgan fingerprint density at radius 3 is 1.12 bits per heavy atom. The first-order valence-corrected chi connectivity index (χ1v) is 32.3. The molecular weight excluding hydrogens is 967 g/mol. The first-order valence-electron chi connectivity index (χ1n) is 32.3. The maximum atomic E-state index is 13.1. The number of hydrogen-bond acceptors (Lipinski definition) is 13. The molecule has 0 bridgehead atoms. The third-order valence-electron chi connectivity index (χ3n) is 16.3. The van der Waals surface area contributed by atoms with E-state index in [4.69, 9.17) is 18.9 Å². The average Bonchev–Trinajstić information content (AvgIpc) is 3.42. The predicted molar refractivity (Wildman–Crippen MR) is 305 cm³/mol. The Morgan fingerprint density at radius 1 is 0.421 bits per heavy atom. The highest BCUT2D eigenvalue weighted by atomic mass is 16.7. The topological polar surface area (TPSA) is 228 Å². The van der Waals surface area contributed by atoms with Gasteiger partial charge in [-0.25, -0.2) is 0 Å². The van der Waals surface area contributed by atoms with Gasteiger partial charge in [0.25, 0.3) is 0 Å². The van der Waals surface area contributed by atoms with E-state index in [-0.39, 0.29) is 12.5 Å². The minimum absolute atomic E-state index is 0.207. The number of hydrogen-bond donors (Lipinski definition) is 9. The summed E-state index contributed by atoms with van der Waals surface area (Å²) >= 11 is 0. The number of nitrogens with one attached hydrogen (secondary N) is 1. The maximum absolute atomic E-state index is 13.1. The highest BCUT2D eigenvalue weighted by Crippen LogP contribution is 2.30. The summed E-state index contributed by atoms with van der Waals surface area (Å²) in [5.41, 5.74) is 0. The average molecular weight is 1090 g/mol. The van der Waals surface area contributed by atoms with Crippen LogP contribution in [-0.4, -0.2) is 140 Å². The number of aliphatic hydroxyl groups excluding tert-OH is 8. The van der Waals surface area contributed by atoms with Crippen LogP contribution >= 0.6 is 0 Å². The van der Waals surface area contributed by atoms with E-state index in [1.54, 1.807) is 0 Å². The van der Waals surface area contributed by atoms with Crippen molar-refractivity contribution in [3.8, 4) is 0 Å². The van der Waals surface area contributed by atoms with Gasteiger partial charge >= 0.3 is 0 Å². The van der Waals surface area contributed by atoms with Crippen LogP contribution in [0.3, 0.4) is 0 Å². The lowest BCUT2D eigenvalue weighted by Crippen LogP contribution is -2.65. The summed E-state index contributed by atoms with van der Waals surface area (Å²) in [6.07, 6.45) is 39.5. The molecule has 0 aliphatic carbocycles. The van der Waals surface area contributed by atoms with Crippen molar-refractivity contribution in [1.29, 1.82) is 0 Å². The number of amides is 1. The van der Waals surface area contributed by atoms with Crippen LogP contribution in [0.15, 0.2) is 0 Å². The molecule has 12 unspecified atom stereocenters. The molecule has 2 heterocycles. The SMILES string of the molecule is CCCCCCCCCCCCCCCCCCCCCCCCCCCCCCCCCCCCCCCC(=O)NC(COC1OC(CO)C(OC2OC(CO)C(O)C(O)C2O)C(O)C1O)C(O)CCCCCCC. The predicted octanol–water partition coefficient (Wildman–Crippen LogP) is 11.7. The van der Waals surface area contributed by atoms with E-state index in [0.29, 0.717) is 12.8 Å². The Bertz CT molecular complexity index is 1280. The van der Waals surface area contributed by atoms with Crippen LogP contribution < -0.4 is 5.32 Å². The fraction of sp³-hybridized carbons (Fsp3) is 0.984. The molecule has 1 amide bonds. The molecule has 0 aromatic heterocycles. The molecular formula is C62H121NO13. The second-order valence-electron chi connectivity index (χ2n) is 23.3. The highest BCUT2D eigenvalue weighted by molar-refractivity contribution is 5.76. The third kappa shape index (κ3) is 33.7. The van der Waals surface area contributed by atoms with Crippen LogP contribution in [0.4, 0.5) is 0 Å². The van der Waals surface area contributed by atoms with E-state index in [9.17, 15) is 45.6 Å². The molecule has 2 saturated heterocycles. The quantitative estimate of drug-likeness (QED) is 0.0259. The van der Waals surface area contributed by atoms with Gasteiger partial charge in [-0.2, -0.15) is 0 Å². The smallest absolute Gasteiger partial charge is 0.220 e. The second-order valence-corrected chi connectivity index (χ2v) is 23.3. The van der Waals surface area contributed by atoms with Crippen LogP contribution in [0.25, 0.3) is 0 Å². The van der Waals surface area contributed by atoms with E-state index in [1.807, 2.05) is 0 Å². The van der Waals surface area contributed by atoms with Crippen molar-refractivity contribution in [1.82, 2.24) is 5.32 Å². The number of rotatable bonds is 53. The summed E-state index contributed by atoms with van der Waals surface area (Å²) in [7, 11) is 0. The minimum Gasteiger partial charge on any atom is -0.394 e. The molecule has 0 aromatic rings. The Balaban J connectivity index is 1.46. The molecule has 0 aromatic carbocycles. The summed E-state index contributed by atoms with van der Waals surface area (Å²) in [5, 5.41) is 86.6. The standard InChI is InChI=1S/C62H121NO13/c1-3-5-7-9-10-11-12-13-14-15-16-17-18-19-20-21-22-23-24-25-26-27-28-29-30-31-32-33-34-35-36-37-38-39-40-42-44-46-54(67)63-50(51(66)45-43-41-8-6-4-2)49-73-61-59(72)57(70)60(53(48-65)75-61)76-62-58(71)56(69)55(68)52(47-64)74-62/h50-53,55-62,64-66,68-72H,3-49H2,1-2H3,(H,63,67). The fourth-order valence-corrected chi connectivity index (χ4v) is 11.1. The summed E-state index contributed by atoms with van der Waals surface area (Å²) < 4.78 is 22.7. The Morgan fingerprint density at radius 2 is 0.750 bits per heavy atom. The molecule has 2 aliphatic rings. The van der Waals surface area contributed by atoms with Crippen molar-refractivity contribution >= 4 is 5.91 Å². The molecule has 14 nitrogen and oxygen atoms in total. The van der Waals surface area contributed by atoms with Crippen molar-refractivity contribution in [2.45, 2.75) is 370 Å². The lowest BCUT2D eigenvalue weighted by Gasteiger charge is -2.46. The largest absolute Gasteiger partial charge is 0.394 e. The normalized spacial score (nSPS) is 24.8. The van der Waals surface area contributed by atoms with Crippen molar-refractivity contribution in [2.75, 3.05) is 19.8 Å². The van der Waals surface area contributed by atoms with Crippen LogP contribution in [0.5, 0.6) is 0 Å². The van der Waals surface area contributed by atoms with E-state index < -0.39 is 86.8 Å². The fourth-order valence-electron chi connectivity index (χ4n) is 11.1. The zero-order valence-electron chi connectivity index (χ0n) is 48.8. The van der Waals surface area contributed by atoms with Gasteiger partial charge in [0.05, 0.1) is 32.0 Å². The summed E-state index contributed by atoms with van der Waals surface area (Å²) in [4.78, 5) is 13.1. The molecule has 452 valence electrons. The van der Waals surface area contributed by atoms with Crippen molar-refractivity contribution in [3.63, 3.8) is 0 Å². The van der Waals surface area contributed by atoms with Gasteiger partial charge in [0.1, 0.15) is 48.8 Å². The molecule has 12 atom stereocenters. The van der Waals surface area contributed by atoms with Crippen molar-refractivity contribution < 1.29 is 64.6 Å². The van der Waals surface area contributed by atoms with Gasteiger partial charge in [-0.05, 0) is 12.8 Å². The molecule has 76 heavy (non-hydrogen) atoms. The minimum atomic E-state index is -1.78. The zero-order chi connectivity index (χ0) is 55.3. The molecule has 2 fully saturated rings. The van der Waals surface area contributed by atoms with Crippen LogP contribution in [0, 0.1) is 0 Å². The van der Waals surface area contributed by atoms with Crippen molar-refractivity contribution in [2.24, 2.45) is 0 Å². The summed E-state index contributed by atoms with van der Waals surface area (Å²) in [6.45, 7) is 2.79. The van der Waals surface area contributed by atoms with Gasteiger partial charge in [0.15, 0.2) is 12.6 Å². The highest BCUT2D eigenvalue weighted by Gasteiger charge is 2.51. The number of carbonyl (C=O) groups excluding carboxylic acids is 1. The summed E-state index contributed by atoms with van der Waals surface area (Å²) in [6, 6.07) is -0.819. The van der Waals surface area contributed by atoms with Gasteiger partial charge in [0, 0.05) is 6.42 Å². The molecule has 2 aliphatic heterocycles. The number of ether oxygens (including phenoxy) is 4. The van der Waals surface area contributed by atoms with E-state index in [2.05, 4.69) is 19.2 Å². The number of unbranched alkanes of at least 4 members (excludes halogenated alkanes) is 40. The van der Waals surface area contributed by atoms with Crippen LogP contribution in [-0.2, 0) is 23.7 Å². The molecule has 0 saturated carbocycles. The number of aliphatic hydroxyl groups is 8. The molecule has 2 rings (SSSR count). The summed E-state index contributed by atoms with van der Waals surface area (Å²) in [5.74, 6) is -0.207. The van der Waals surface area contributed by atoms with E-state index >= 15 is 0 Å². The monoisotopic (exact) mass is 1090 g/mol. The Labute approximate surface area is 464 Å². The first kappa shape index (κ1) is 71.1. The lowest BCUT2D eigenvalue weighted by atomic mass is 9.97. The number of carbonyl (C=O) groups is 1. The van der Waals surface area contributed by atoms with E-state index in [1.165, 1.54) is 212 Å². The van der Waals surface area contributed by atoms with Gasteiger partial charge in [-0.15, -0.1) is 0 Å².